The van der Waals surface area contributed by atoms with Crippen molar-refractivity contribution in [2.75, 3.05) is 25.6 Å². The number of hydrogen-bond donors (Lipinski definition) is 0. The van der Waals surface area contributed by atoms with Crippen LogP contribution in [0.15, 0.2) is 0 Å². The minimum absolute atomic E-state index is 0.242. The fourth-order valence-corrected chi connectivity index (χ4v) is 2.37. The van der Waals surface area contributed by atoms with E-state index in [1.807, 2.05) is 4.90 Å². The maximum Gasteiger partial charge on any atom is 0.223 e. The SMILES string of the molecule is O=C1CC(CCl)CN1CC1CCCO1. The summed E-state index contributed by atoms with van der Waals surface area (Å²) in [6.45, 7) is 2.44. The summed E-state index contributed by atoms with van der Waals surface area (Å²) in [5, 5.41) is 0. The second kappa shape index (κ2) is 4.49. The molecule has 0 aromatic rings. The number of hydrogen-bond acceptors (Lipinski definition) is 2. The van der Waals surface area contributed by atoms with Gasteiger partial charge in [-0.15, -0.1) is 11.6 Å². The van der Waals surface area contributed by atoms with Gasteiger partial charge in [-0.1, -0.05) is 0 Å². The summed E-state index contributed by atoms with van der Waals surface area (Å²) in [6.07, 6.45) is 3.12. The number of rotatable bonds is 3. The van der Waals surface area contributed by atoms with Crippen molar-refractivity contribution in [2.24, 2.45) is 5.92 Å². The Morgan fingerprint density at radius 3 is 3.00 bits per heavy atom. The molecule has 2 unspecified atom stereocenters. The van der Waals surface area contributed by atoms with E-state index >= 15 is 0 Å². The van der Waals surface area contributed by atoms with Gasteiger partial charge in [0.15, 0.2) is 0 Å². The van der Waals surface area contributed by atoms with Gasteiger partial charge in [-0.05, 0) is 18.8 Å². The fraction of sp³-hybridized carbons (Fsp3) is 0.900. The van der Waals surface area contributed by atoms with Crippen LogP contribution in [-0.2, 0) is 9.53 Å². The quantitative estimate of drug-likeness (QED) is 0.666. The third-order valence-corrected chi connectivity index (χ3v) is 3.40. The first-order valence-electron chi connectivity index (χ1n) is 5.25. The normalized spacial score (nSPS) is 32.9. The first-order chi connectivity index (χ1) is 6.79. The van der Waals surface area contributed by atoms with Gasteiger partial charge in [-0.25, -0.2) is 0 Å². The Kier molecular flexibility index (Phi) is 3.29. The molecule has 80 valence electrons. The van der Waals surface area contributed by atoms with Crippen molar-refractivity contribution in [3.05, 3.63) is 0 Å². The van der Waals surface area contributed by atoms with E-state index in [2.05, 4.69) is 0 Å². The summed E-state index contributed by atoms with van der Waals surface area (Å²) < 4.78 is 5.51. The molecular weight excluding hydrogens is 202 g/mol. The first kappa shape index (κ1) is 10.2. The van der Waals surface area contributed by atoms with E-state index in [-0.39, 0.29) is 12.0 Å². The number of amides is 1. The van der Waals surface area contributed by atoms with Crippen LogP contribution in [0.2, 0.25) is 0 Å². The molecule has 0 bridgehead atoms. The molecule has 2 atom stereocenters. The maximum atomic E-state index is 11.5. The molecule has 0 aliphatic carbocycles. The van der Waals surface area contributed by atoms with Crippen molar-refractivity contribution < 1.29 is 9.53 Å². The fourth-order valence-electron chi connectivity index (χ4n) is 2.17. The molecule has 2 aliphatic rings. The molecule has 1 amide bonds. The number of carbonyl (C=O) groups is 1. The van der Waals surface area contributed by atoms with Crippen molar-refractivity contribution in [3.8, 4) is 0 Å². The summed E-state index contributed by atoms with van der Waals surface area (Å²) in [5.74, 6) is 1.19. The molecule has 2 aliphatic heterocycles. The van der Waals surface area contributed by atoms with Crippen LogP contribution < -0.4 is 0 Å². The molecule has 0 aromatic heterocycles. The minimum Gasteiger partial charge on any atom is -0.376 e. The van der Waals surface area contributed by atoms with Crippen molar-refractivity contribution >= 4 is 17.5 Å². The zero-order valence-electron chi connectivity index (χ0n) is 8.25. The van der Waals surface area contributed by atoms with Crippen LogP contribution >= 0.6 is 11.6 Å². The average molecular weight is 218 g/mol. The van der Waals surface area contributed by atoms with Crippen molar-refractivity contribution in [1.82, 2.24) is 4.90 Å². The second-order valence-electron chi connectivity index (χ2n) is 4.16. The van der Waals surface area contributed by atoms with E-state index in [1.54, 1.807) is 0 Å². The number of nitrogens with zero attached hydrogens (tertiary/aromatic N) is 1. The second-order valence-corrected chi connectivity index (χ2v) is 4.47. The van der Waals surface area contributed by atoms with Crippen LogP contribution in [0.25, 0.3) is 0 Å². The number of halogens is 1. The van der Waals surface area contributed by atoms with Crippen LogP contribution in [0, 0.1) is 5.92 Å². The molecule has 0 radical (unpaired) electrons. The van der Waals surface area contributed by atoms with E-state index in [4.69, 9.17) is 16.3 Å². The van der Waals surface area contributed by atoms with Gasteiger partial charge < -0.3 is 9.64 Å². The smallest absolute Gasteiger partial charge is 0.223 e. The third-order valence-electron chi connectivity index (χ3n) is 2.96. The van der Waals surface area contributed by atoms with E-state index in [9.17, 15) is 4.79 Å². The highest BCUT2D eigenvalue weighted by atomic mass is 35.5. The van der Waals surface area contributed by atoms with Gasteiger partial charge in [0.1, 0.15) is 0 Å². The van der Waals surface area contributed by atoms with Gasteiger partial charge in [0.25, 0.3) is 0 Å². The molecule has 2 rings (SSSR count). The van der Waals surface area contributed by atoms with Crippen LogP contribution in [0.3, 0.4) is 0 Å². The molecule has 14 heavy (non-hydrogen) atoms. The lowest BCUT2D eigenvalue weighted by atomic mass is 10.1. The molecule has 0 N–H and O–H groups in total. The molecule has 2 fully saturated rings. The van der Waals surface area contributed by atoms with Crippen LogP contribution in [0.4, 0.5) is 0 Å². The lowest BCUT2D eigenvalue weighted by molar-refractivity contribution is -0.129. The Hall–Kier alpha value is -0.280. The largest absolute Gasteiger partial charge is 0.376 e. The van der Waals surface area contributed by atoms with Gasteiger partial charge in [-0.3, -0.25) is 4.79 Å². The first-order valence-corrected chi connectivity index (χ1v) is 5.78. The van der Waals surface area contributed by atoms with Gasteiger partial charge in [0.05, 0.1) is 6.10 Å². The molecule has 0 aromatic carbocycles. The summed E-state index contributed by atoms with van der Waals surface area (Å²) in [7, 11) is 0. The van der Waals surface area contributed by atoms with E-state index in [0.717, 1.165) is 32.5 Å². The summed E-state index contributed by atoms with van der Waals surface area (Å²) >= 11 is 5.74. The van der Waals surface area contributed by atoms with Crippen molar-refractivity contribution in [2.45, 2.75) is 25.4 Å². The molecule has 2 saturated heterocycles. The Balaban J connectivity index is 1.82. The number of alkyl halides is 1. The maximum absolute atomic E-state index is 11.5. The van der Waals surface area contributed by atoms with Crippen molar-refractivity contribution in [1.29, 1.82) is 0 Å². The summed E-state index contributed by atoms with van der Waals surface area (Å²) in [4.78, 5) is 13.4. The Labute approximate surface area is 89.4 Å². The lowest BCUT2D eigenvalue weighted by Crippen LogP contribution is -2.33. The minimum atomic E-state index is 0.242. The highest BCUT2D eigenvalue weighted by Gasteiger charge is 2.31. The standard InChI is InChI=1S/C10H16ClNO2/c11-5-8-4-10(13)12(6-8)7-9-2-1-3-14-9/h8-9H,1-7H2. The topological polar surface area (TPSA) is 29.5 Å². The van der Waals surface area contributed by atoms with Gasteiger partial charge >= 0.3 is 0 Å². The van der Waals surface area contributed by atoms with Crippen LogP contribution in [0.1, 0.15) is 19.3 Å². The highest BCUT2D eigenvalue weighted by molar-refractivity contribution is 6.18. The molecule has 0 saturated carbocycles. The number of likely N-dealkylation sites (tertiary alicyclic amines) is 1. The molecular formula is C10H16ClNO2. The Morgan fingerprint density at radius 2 is 2.43 bits per heavy atom. The predicted molar refractivity (Wildman–Crippen MR) is 54.4 cm³/mol. The van der Waals surface area contributed by atoms with Gasteiger partial charge in [0.2, 0.25) is 5.91 Å². The third kappa shape index (κ3) is 2.20. The Bertz CT molecular complexity index is 216. The summed E-state index contributed by atoms with van der Waals surface area (Å²) in [5.41, 5.74) is 0. The molecule has 0 spiro atoms. The number of carbonyl (C=O) groups excluding carboxylic acids is 1. The van der Waals surface area contributed by atoms with E-state index in [1.165, 1.54) is 0 Å². The van der Waals surface area contributed by atoms with Crippen molar-refractivity contribution in [3.63, 3.8) is 0 Å². The lowest BCUT2D eigenvalue weighted by Gasteiger charge is -2.20. The summed E-state index contributed by atoms with van der Waals surface area (Å²) in [6, 6.07) is 0. The van der Waals surface area contributed by atoms with E-state index in [0.29, 0.717) is 18.2 Å². The molecule has 4 heteroatoms. The highest BCUT2D eigenvalue weighted by Crippen LogP contribution is 2.21. The van der Waals surface area contributed by atoms with Gasteiger partial charge in [-0.2, -0.15) is 0 Å². The van der Waals surface area contributed by atoms with Gasteiger partial charge in [0, 0.05) is 32.0 Å². The molecule has 3 nitrogen and oxygen atoms in total. The monoisotopic (exact) mass is 217 g/mol. The average Bonchev–Trinajstić information content (AvgIpc) is 2.78. The zero-order chi connectivity index (χ0) is 9.97. The van der Waals surface area contributed by atoms with E-state index < -0.39 is 0 Å². The predicted octanol–water partition coefficient (Wildman–Crippen LogP) is 1.25. The molecule has 2 heterocycles. The number of ether oxygens (including phenoxy) is 1. The van der Waals surface area contributed by atoms with Crippen LogP contribution in [-0.4, -0.2) is 42.5 Å². The Morgan fingerprint density at radius 1 is 1.57 bits per heavy atom. The van der Waals surface area contributed by atoms with Crippen LogP contribution in [0.5, 0.6) is 0 Å². The zero-order valence-corrected chi connectivity index (χ0v) is 9.00.